The van der Waals surface area contributed by atoms with Gasteiger partial charge in [-0.25, -0.2) is 8.42 Å². The zero-order valence-corrected chi connectivity index (χ0v) is 12.3. The Balaban J connectivity index is 4.23. The van der Waals surface area contributed by atoms with Crippen LogP contribution in [-0.4, -0.2) is 31.2 Å². The molecule has 4 nitrogen and oxygen atoms in total. The van der Waals surface area contributed by atoms with Gasteiger partial charge in [-0.2, -0.15) is 0 Å². The van der Waals surface area contributed by atoms with Crippen LogP contribution in [0.1, 0.15) is 47.5 Å². The monoisotopic (exact) mass is 263 g/mol. The fourth-order valence-electron chi connectivity index (χ4n) is 1.15. The van der Waals surface area contributed by atoms with Gasteiger partial charge in [-0.05, 0) is 19.3 Å². The molecule has 1 atom stereocenters. The lowest BCUT2D eigenvalue weighted by atomic mass is 9.84. The molecule has 2 N–H and O–H groups in total. The topological polar surface area (TPSA) is 77.2 Å². The average Bonchev–Trinajstić information content (AvgIpc) is 2.13. The number of hydrogen-bond acceptors (Lipinski definition) is 4. The van der Waals surface area contributed by atoms with Crippen molar-refractivity contribution in [2.45, 2.75) is 58.8 Å². The van der Waals surface area contributed by atoms with Crippen molar-refractivity contribution in [3.8, 4) is 0 Å². The first kappa shape index (κ1) is 16.6. The van der Waals surface area contributed by atoms with E-state index in [1.807, 2.05) is 20.8 Å². The van der Waals surface area contributed by atoms with Crippen molar-refractivity contribution >= 4 is 15.6 Å². The Kier molecular flexibility index (Phi) is 5.81. The van der Waals surface area contributed by atoms with Gasteiger partial charge in [-0.3, -0.25) is 4.79 Å². The van der Waals surface area contributed by atoms with Crippen LogP contribution in [0.15, 0.2) is 0 Å². The van der Waals surface area contributed by atoms with E-state index in [-0.39, 0.29) is 35.8 Å². The van der Waals surface area contributed by atoms with Gasteiger partial charge in [0, 0.05) is 18.9 Å². The van der Waals surface area contributed by atoms with Gasteiger partial charge in [0.2, 0.25) is 0 Å². The third-order valence-electron chi connectivity index (χ3n) is 2.94. The largest absolute Gasteiger partial charge is 0.327 e. The van der Waals surface area contributed by atoms with E-state index in [4.69, 9.17) is 5.73 Å². The van der Waals surface area contributed by atoms with Crippen LogP contribution >= 0.6 is 0 Å². The molecule has 0 radical (unpaired) electrons. The summed E-state index contributed by atoms with van der Waals surface area (Å²) in [6, 6.07) is -0.225. The minimum atomic E-state index is -3.13. The van der Waals surface area contributed by atoms with Gasteiger partial charge < -0.3 is 5.73 Å². The van der Waals surface area contributed by atoms with Crippen LogP contribution in [0.4, 0.5) is 0 Å². The molecule has 0 saturated heterocycles. The lowest BCUT2D eigenvalue weighted by Crippen LogP contribution is -2.37. The van der Waals surface area contributed by atoms with Crippen LogP contribution < -0.4 is 5.73 Å². The molecule has 17 heavy (non-hydrogen) atoms. The molecule has 0 amide bonds. The molecule has 0 saturated carbocycles. The number of carbonyl (C=O) groups is 1. The lowest BCUT2D eigenvalue weighted by Gasteiger charge is -2.26. The van der Waals surface area contributed by atoms with E-state index < -0.39 is 15.1 Å². The molecule has 0 bridgehead atoms. The van der Waals surface area contributed by atoms with Gasteiger partial charge in [-0.15, -0.1) is 0 Å². The zero-order valence-electron chi connectivity index (χ0n) is 11.5. The molecular weight excluding hydrogens is 238 g/mol. The Labute approximate surface area is 105 Å². The summed E-state index contributed by atoms with van der Waals surface area (Å²) in [5, 5.41) is -0.424. The summed E-state index contributed by atoms with van der Waals surface area (Å²) >= 11 is 0. The minimum absolute atomic E-state index is 0.0691. The third-order valence-corrected chi connectivity index (χ3v) is 5.15. The Morgan fingerprint density at radius 3 is 2.06 bits per heavy atom. The first-order valence-corrected chi connectivity index (χ1v) is 7.67. The molecular formula is C12H25NO3S. The highest BCUT2D eigenvalue weighted by Crippen LogP contribution is 2.20. The summed E-state index contributed by atoms with van der Waals surface area (Å²) in [7, 11) is -3.13. The van der Waals surface area contributed by atoms with Gasteiger partial charge in [0.15, 0.2) is 9.84 Å². The van der Waals surface area contributed by atoms with E-state index in [9.17, 15) is 13.2 Å². The molecule has 0 spiro atoms. The summed E-state index contributed by atoms with van der Waals surface area (Å²) in [5.74, 6) is -0.142. The van der Waals surface area contributed by atoms with Crippen molar-refractivity contribution in [2.24, 2.45) is 11.1 Å². The number of carbonyl (C=O) groups excluding carboxylic acids is 1. The highest BCUT2D eigenvalue weighted by molar-refractivity contribution is 7.91. The van der Waals surface area contributed by atoms with Crippen molar-refractivity contribution in [2.75, 3.05) is 5.75 Å². The van der Waals surface area contributed by atoms with Crippen LogP contribution in [0.3, 0.4) is 0 Å². The van der Waals surface area contributed by atoms with Crippen LogP contribution in [-0.2, 0) is 14.6 Å². The van der Waals surface area contributed by atoms with Crippen molar-refractivity contribution in [1.82, 2.24) is 0 Å². The van der Waals surface area contributed by atoms with Crippen molar-refractivity contribution in [1.29, 1.82) is 0 Å². The molecule has 0 aliphatic carbocycles. The molecule has 0 aliphatic heterocycles. The lowest BCUT2D eigenvalue weighted by molar-refractivity contribution is -0.119. The fraction of sp³-hybridized carbons (Fsp3) is 0.917. The first-order chi connectivity index (χ1) is 7.47. The van der Waals surface area contributed by atoms with Crippen LogP contribution in [0, 0.1) is 5.41 Å². The number of ketones is 1. The van der Waals surface area contributed by atoms with Gasteiger partial charge in [0.05, 0.1) is 11.0 Å². The van der Waals surface area contributed by atoms with Gasteiger partial charge in [0.25, 0.3) is 0 Å². The van der Waals surface area contributed by atoms with E-state index >= 15 is 0 Å². The number of Topliss-reactive ketones (excluding diaryl/α,β-unsaturated/α-hetero) is 1. The molecule has 0 fully saturated rings. The van der Waals surface area contributed by atoms with Crippen LogP contribution in [0.5, 0.6) is 0 Å². The van der Waals surface area contributed by atoms with E-state index in [0.29, 0.717) is 0 Å². The Bertz CT molecular complexity index is 352. The molecule has 5 heteroatoms. The second-order valence-electron chi connectivity index (χ2n) is 5.88. The van der Waals surface area contributed by atoms with E-state index in [1.165, 1.54) is 0 Å². The van der Waals surface area contributed by atoms with E-state index in [2.05, 4.69) is 0 Å². The molecule has 1 unspecified atom stereocenters. The molecule has 102 valence electrons. The quantitative estimate of drug-likeness (QED) is 0.788. The summed E-state index contributed by atoms with van der Waals surface area (Å²) < 4.78 is 23.1. The highest BCUT2D eigenvalue weighted by atomic mass is 32.2. The maximum absolute atomic E-state index is 11.6. The zero-order chi connectivity index (χ0) is 13.9. The fourth-order valence-corrected chi connectivity index (χ4v) is 2.13. The van der Waals surface area contributed by atoms with E-state index in [0.717, 1.165) is 0 Å². The predicted octanol–water partition coefficient (Wildman–Crippen LogP) is 1.53. The Morgan fingerprint density at radius 1 is 1.24 bits per heavy atom. The summed E-state index contributed by atoms with van der Waals surface area (Å²) in [6.07, 6.45) is 0.321. The molecule has 0 heterocycles. The second kappa shape index (κ2) is 5.96. The van der Waals surface area contributed by atoms with Crippen LogP contribution in [0.2, 0.25) is 0 Å². The molecule has 0 aromatic rings. The summed E-state index contributed by atoms with van der Waals surface area (Å²) in [6.45, 7) is 9.16. The predicted molar refractivity (Wildman–Crippen MR) is 70.6 cm³/mol. The minimum Gasteiger partial charge on any atom is -0.327 e. The standard InChI is InChI=1S/C12H25NO3S/c1-9(2)17(15,16)7-6-10(14)8-11(13)12(3,4)5/h9,11H,6-8,13H2,1-5H3. The van der Waals surface area contributed by atoms with Gasteiger partial charge in [0.1, 0.15) is 5.78 Å². The number of nitrogens with two attached hydrogens (primary N) is 1. The maximum Gasteiger partial charge on any atom is 0.153 e. The number of hydrogen-bond donors (Lipinski definition) is 1. The van der Waals surface area contributed by atoms with Gasteiger partial charge in [-0.1, -0.05) is 20.8 Å². The van der Waals surface area contributed by atoms with Crippen LogP contribution in [0.25, 0.3) is 0 Å². The van der Waals surface area contributed by atoms with Crippen molar-refractivity contribution in [3.05, 3.63) is 0 Å². The third kappa shape index (κ3) is 6.17. The molecule has 0 aliphatic rings. The van der Waals surface area contributed by atoms with Crippen molar-refractivity contribution in [3.63, 3.8) is 0 Å². The maximum atomic E-state index is 11.6. The second-order valence-corrected chi connectivity index (χ2v) is 8.56. The summed E-state index contributed by atoms with van der Waals surface area (Å²) in [5.41, 5.74) is 5.75. The first-order valence-electron chi connectivity index (χ1n) is 5.95. The summed E-state index contributed by atoms with van der Waals surface area (Å²) in [4.78, 5) is 11.6. The smallest absolute Gasteiger partial charge is 0.153 e. The Morgan fingerprint density at radius 2 is 1.71 bits per heavy atom. The SMILES string of the molecule is CC(C)S(=O)(=O)CCC(=O)CC(N)C(C)(C)C. The number of sulfone groups is 1. The number of rotatable bonds is 6. The Hall–Kier alpha value is -0.420. The van der Waals surface area contributed by atoms with Gasteiger partial charge >= 0.3 is 0 Å². The normalized spacial score (nSPS) is 15.0. The highest BCUT2D eigenvalue weighted by Gasteiger charge is 2.24. The molecule has 0 rings (SSSR count). The average molecular weight is 263 g/mol. The van der Waals surface area contributed by atoms with Crippen molar-refractivity contribution < 1.29 is 13.2 Å². The van der Waals surface area contributed by atoms with E-state index in [1.54, 1.807) is 13.8 Å². The molecule has 0 aromatic carbocycles. The molecule has 0 aromatic heterocycles.